The van der Waals surface area contributed by atoms with E-state index in [0.29, 0.717) is 6.54 Å². The molecule has 1 aliphatic rings. The van der Waals surface area contributed by atoms with Crippen molar-refractivity contribution in [2.75, 3.05) is 6.54 Å². The Bertz CT molecular complexity index is 858. The van der Waals surface area contributed by atoms with Crippen LogP contribution in [0.1, 0.15) is 97.2 Å². The van der Waals surface area contributed by atoms with Crippen molar-refractivity contribution < 1.29 is 19.1 Å². The zero-order chi connectivity index (χ0) is 26.2. The van der Waals surface area contributed by atoms with E-state index in [9.17, 15) is 14.4 Å². The first kappa shape index (κ1) is 28.7. The molecule has 1 saturated carbocycles. The lowest BCUT2D eigenvalue weighted by molar-refractivity contribution is -0.148. The predicted molar refractivity (Wildman–Crippen MR) is 139 cm³/mol. The van der Waals surface area contributed by atoms with Gasteiger partial charge in [0.05, 0.1) is 0 Å². The molecule has 2 N–H and O–H groups in total. The van der Waals surface area contributed by atoms with Gasteiger partial charge < -0.3 is 20.3 Å². The first-order valence-electron chi connectivity index (χ1n) is 13.1. The highest BCUT2D eigenvalue weighted by Gasteiger charge is 2.42. The van der Waals surface area contributed by atoms with Crippen LogP contribution in [0.4, 0.5) is 4.79 Å². The molecule has 1 fully saturated rings. The molecule has 0 bridgehead atoms. The number of hydrogen-bond acceptors (Lipinski definition) is 4. The SMILES string of the molecule is CCCCCNC(=O)C(c1cccc(C)c1)N(C(=O)C(NC(=O)OC(C)(C)C)C(C)C)C1CCC1. The average molecular weight is 488 g/mol. The van der Waals surface area contributed by atoms with Crippen LogP contribution in [0.25, 0.3) is 0 Å². The monoisotopic (exact) mass is 487 g/mol. The number of aryl methyl sites for hydroxylation is 1. The molecule has 7 nitrogen and oxygen atoms in total. The van der Waals surface area contributed by atoms with Crippen LogP contribution in [0.5, 0.6) is 0 Å². The van der Waals surface area contributed by atoms with E-state index in [1.165, 1.54) is 0 Å². The molecule has 3 amide bonds. The molecule has 196 valence electrons. The van der Waals surface area contributed by atoms with Gasteiger partial charge >= 0.3 is 6.09 Å². The quantitative estimate of drug-likeness (QED) is 0.416. The number of amides is 3. The van der Waals surface area contributed by atoms with Crippen molar-refractivity contribution in [1.29, 1.82) is 0 Å². The van der Waals surface area contributed by atoms with E-state index in [2.05, 4.69) is 17.6 Å². The fourth-order valence-corrected chi connectivity index (χ4v) is 4.25. The highest BCUT2D eigenvalue weighted by Crippen LogP contribution is 2.34. The number of rotatable bonds is 11. The van der Waals surface area contributed by atoms with Crippen LogP contribution in [0.3, 0.4) is 0 Å². The Morgan fingerprint density at radius 3 is 2.34 bits per heavy atom. The maximum Gasteiger partial charge on any atom is 0.408 e. The summed E-state index contributed by atoms with van der Waals surface area (Å²) in [5.74, 6) is -0.596. The number of carbonyl (C=O) groups is 3. The van der Waals surface area contributed by atoms with Gasteiger partial charge in [0.2, 0.25) is 11.8 Å². The van der Waals surface area contributed by atoms with E-state index in [-0.39, 0.29) is 23.8 Å². The number of unbranched alkanes of at least 4 members (excludes halogenated alkanes) is 2. The van der Waals surface area contributed by atoms with Gasteiger partial charge in [-0.05, 0) is 64.9 Å². The minimum absolute atomic E-state index is 0.0453. The molecule has 2 rings (SSSR count). The van der Waals surface area contributed by atoms with Crippen LogP contribution in [0, 0.1) is 12.8 Å². The third-order valence-electron chi connectivity index (χ3n) is 6.29. The molecule has 0 aliphatic heterocycles. The minimum atomic E-state index is -0.800. The molecule has 0 aromatic heterocycles. The summed E-state index contributed by atoms with van der Waals surface area (Å²) >= 11 is 0. The standard InChI is InChI=1S/C28H45N3O4/c1-8-9-10-17-29-25(32)24(21-14-11-13-20(4)18-21)31(22-15-12-16-22)26(33)23(19(2)3)30-27(34)35-28(5,6)7/h11,13-14,18-19,22-24H,8-10,12,15-17H2,1-7H3,(H,29,32)(H,30,34). The van der Waals surface area contributed by atoms with Crippen molar-refractivity contribution in [3.05, 3.63) is 35.4 Å². The Morgan fingerprint density at radius 1 is 1.14 bits per heavy atom. The molecule has 1 aromatic rings. The van der Waals surface area contributed by atoms with E-state index in [0.717, 1.165) is 49.7 Å². The van der Waals surface area contributed by atoms with Crippen molar-refractivity contribution in [3.63, 3.8) is 0 Å². The lowest BCUT2D eigenvalue weighted by atomic mass is 9.87. The van der Waals surface area contributed by atoms with E-state index in [4.69, 9.17) is 4.74 Å². The Morgan fingerprint density at radius 2 is 1.83 bits per heavy atom. The highest BCUT2D eigenvalue weighted by atomic mass is 16.6. The number of alkyl carbamates (subject to hydrolysis) is 1. The number of nitrogens with one attached hydrogen (secondary N) is 2. The minimum Gasteiger partial charge on any atom is -0.444 e. The Balaban J connectivity index is 2.41. The summed E-state index contributed by atoms with van der Waals surface area (Å²) in [6.45, 7) is 13.8. The molecule has 1 aromatic carbocycles. The van der Waals surface area contributed by atoms with Crippen molar-refractivity contribution >= 4 is 17.9 Å². The van der Waals surface area contributed by atoms with Gasteiger partial charge in [-0.1, -0.05) is 63.4 Å². The number of hydrogen-bond donors (Lipinski definition) is 2. The Hall–Kier alpha value is -2.57. The van der Waals surface area contributed by atoms with Gasteiger partial charge in [0.15, 0.2) is 0 Å². The van der Waals surface area contributed by atoms with Crippen molar-refractivity contribution in [2.24, 2.45) is 5.92 Å². The smallest absolute Gasteiger partial charge is 0.408 e. The largest absolute Gasteiger partial charge is 0.444 e. The predicted octanol–water partition coefficient (Wildman–Crippen LogP) is 5.27. The third-order valence-corrected chi connectivity index (χ3v) is 6.29. The summed E-state index contributed by atoms with van der Waals surface area (Å²) in [6.07, 6.45) is 5.07. The van der Waals surface area contributed by atoms with Crippen LogP contribution in [0.2, 0.25) is 0 Å². The van der Waals surface area contributed by atoms with Gasteiger partial charge in [0, 0.05) is 12.6 Å². The number of benzene rings is 1. The lowest BCUT2D eigenvalue weighted by Gasteiger charge is -2.44. The molecule has 2 unspecified atom stereocenters. The molecule has 0 spiro atoms. The van der Waals surface area contributed by atoms with E-state index in [1.54, 1.807) is 25.7 Å². The molecule has 1 aliphatic carbocycles. The molecule has 0 saturated heterocycles. The second-order valence-electron chi connectivity index (χ2n) is 11.0. The van der Waals surface area contributed by atoms with Crippen LogP contribution in [-0.2, 0) is 14.3 Å². The van der Waals surface area contributed by atoms with Crippen LogP contribution >= 0.6 is 0 Å². The van der Waals surface area contributed by atoms with Gasteiger partial charge in [0.1, 0.15) is 17.7 Å². The zero-order valence-electron chi connectivity index (χ0n) is 22.6. The molecular formula is C28H45N3O4. The van der Waals surface area contributed by atoms with Crippen LogP contribution in [-0.4, -0.2) is 47.0 Å². The normalized spacial score (nSPS) is 15.7. The van der Waals surface area contributed by atoms with Gasteiger partial charge in [-0.15, -0.1) is 0 Å². The molecule has 7 heteroatoms. The molecular weight excluding hydrogens is 442 g/mol. The first-order valence-corrected chi connectivity index (χ1v) is 13.1. The Kier molecular flexibility index (Phi) is 10.6. The van der Waals surface area contributed by atoms with E-state index >= 15 is 0 Å². The lowest BCUT2D eigenvalue weighted by Crippen LogP contribution is -2.58. The van der Waals surface area contributed by atoms with Crippen molar-refractivity contribution in [2.45, 2.75) is 111 Å². The molecule has 0 heterocycles. The summed E-state index contributed by atoms with van der Waals surface area (Å²) in [7, 11) is 0. The summed E-state index contributed by atoms with van der Waals surface area (Å²) in [5, 5.41) is 5.86. The van der Waals surface area contributed by atoms with E-state index < -0.39 is 23.8 Å². The third kappa shape index (κ3) is 8.55. The number of nitrogens with zero attached hydrogens (tertiary/aromatic N) is 1. The topological polar surface area (TPSA) is 87.7 Å². The Labute approximate surface area is 211 Å². The zero-order valence-corrected chi connectivity index (χ0v) is 22.6. The van der Waals surface area contributed by atoms with Gasteiger partial charge in [-0.3, -0.25) is 9.59 Å². The maximum absolute atomic E-state index is 14.1. The first-order chi connectivity index (χ1) is 16.4. The summed E-state index contributed by atoms with van der Waals surface area (Å²) < 4.78 is 5.43. The summed E-state index contributed by atoms with van der Waals surface area (Å²) in [4.78, 5) is 42.0. The van der Waals surface area contributed by atoms with Crippen molar-refractivity contribution in [3.8, 4) is 0 Å². The van der Waals surface area contributed by atoms with Crippen LogP contribution < -0.4 is 10.6 Å². The number of carbonyl (C=O) groups excluding carboxylic acids is 3. The van der Waals surface area contributed by atoms with E-state index in [1.807, 2.05) is 45.0 Å². The molecule has 0 radical (unpaired) electrons. The summed E-state index contributed by atoms with van der Waals surface area (Å²) in [5.41, 5.74) is 1.14. The summed E-state index contributed by atoms with van der Waals surface area (Å²) in [6, 6.07) is 6.19. The molecule has 2 atom stereocenters. The van der Waals surface area contributed by atoms with Gasteiger partial charge in [-0.25, -0.2) is 4.79 Å². The second kappa shape index (κ2) is 12.9. The molecule has 35 heavy (non-hydrogen) atoms. The van der Waals surface area contributed by atoms with Crippen molar-refractivity contribution in [1.82, 2.24) is 15.5 Å². The highest BCUT2D eigenvalue weighted by molar-refractivity contribution is 5.92. The van der Waals surface area contributed by atoms with Crippen LogP contribution in [0.15, 0.2) is 24.3 Å². The second-order valence-corrected chi connectivity index (χ2v) is 11.0. The average Bonchev–Trinajstić information content (AvgIpc) is 2.71. The number of ether oxygens (including phenoxy) is 1. The maximum atomic E-state index is 14.1. The fraction of sp³-hybridized carbons (Fsp3) is 0.679. The fourth-order valence-electron chi connectivity index (χ4n) is 4.25. The van der Waals surface area contributed by atoms with Gasteiger partial charge in [-0.2, -0.15) is 0 Å². The van der Waals surface area contributed by atoms with Gasteiger partial charge in [0.25, 0.3) is 0 Å².